The van der Waals surface area contributed by atoms with Gasteiger partial charge in [-0.15, -0.1) is 5.10 Å². The van der Waals surface area contributed by atoms with E-state index >= 15 is 0 Å². The molecule has 11 nitrogen and oxygen atoms in total. The van der Waals surface area contributed by atoms with Gasteiger partial charge in [-0.05, 0) is 37.3 Å². The third-order valence-electron chi connectivity index (χ3n) is 5.98. The standard InChI is InChI=1S/C24H26N8O3S/c1-17-4-2-5-20(27-17)22-29-23(21-6-3-10-32(21)30-22)28-19-7-8-25-16-18(19)24(33)26-9-11-31-12-14-36(34,35)15-13-31/h2-8,10,16H,9,11-15H2,1H3,(H,26,33)(H,25,28,29,30). The molecule has 0 aromatic carbocycles. The predicted octanol–water partition coefficient (Wildman–Crippen LogP) is 1.70. The smallest absolute Gasteiger partial charge is 0.255 e. The number of aromatic nitrogens is 5. The average molecular weight is 507 g/mol. The molecule has 36 heavy (non-hydrogen) atoms. The molecule has 12 heteroatoms. The number of pyridine rings is 2. The zero-order chi connectivity index (χ0) is 25.1. The van der Waals surface area contributed by atoms with Gasteiger partial charge in [0.1, 0.15) is 11.2 Å². The van der Waals surface area contributed by atoms with E-state index < -0.39 is 9.84 Å². The number of nitrogens with one attached hydrogen (secondary N) is 2. The van der Waals surface area contributed by atoms with Crippen LogP contribution in [0, 0.1) is 6.92 Å². The molecule has 5 rings (SSSR count). The Balaban J connectivity index is 1.34. The van der Waals surface area contributed by atoms with Crippen LogP contribution in [-0.2, 0) is 9.84 Å². The van der Waals surface area contributed by atoms with E-state index in [4.69, 9.17) is 4.98 Å². The molecule has 1 aliphatic rings. The third-order valence-corrected chi connectivity index (χ3v) is 7.59. The van der Waals surface area contributed by atoms with E-state index in [0.717, 1.165) is 11.2 Å². The summed E-state index contributed by atoms with van der Waals surface area (Å²) < 4.78 is 24.9. The minimum absolute atomic E-state index is 0.158. The fourth-order valence-electron chi connectivity index (χ4n) is 4.01. The SMILES string of the molecule is Cc1cccc(-c2nc(Nc3ccncc3C(=O)NCCN3CCS(=O)(=O)CC3)c3cccn3n2)n1. The summed E-state index contributed by atoms with van der Waals surface area (Å²) in [5, 5.41) is 10.8. The molecule has 1 fully saturated rings. The van der Waals surface area contributed by atoms with Gasteiger partial charge in [-0.1, -0.05) is 6.07 Å². The maximum Gasteiger partial charge on any atom is 0.255 e. The molecule has 0 bridgehead atoms. The van der Waals surface area contributed by atoms with Crippen LogP contribution in [0.15, 0.2) is 55.0 Å². The number of hydrogen-bond donors (Lipinski definition) is 2. The van der Waals surface area contributed by atoms with Gasteiger partial charge in [-0.2, -0.15) is 0 Å². The van der Waals surface area contributed by atoms with E-state index in [0.29, 0.717) is 54.8 Å². The Kier molecular flexibility index (Phi) is 6.61. The van der Waals surface area contributed by atoms with Crippen molar-refractivity contribution in [2.45, 2.75) is 6.92 Å². The van der Waals surface area contributed by atoms with Crippen LogP contribution in [-0.4, -0.2) is 81.5 Å². The number of anilines is 2. The van der Waals surface area contributed by atoms with E-state index in [1.807, 2.05) is 48.4 Å². The fourth-order valence-corrected chi connectivity index (χ4v) is 5.29. The number of carbonyl (C=O) groups excluding carboxylic acids is 1. The van der Waals surface area contributed by atoms with Crippen molar-refractivity contribution >= 4 is 32.8 Å². The fraction of sp³-hybridized carbons (Fsp3) is 0.292. The molecule has 0 unspecified atom stereocenters. The van der Waals surface area contributed by atoms with E-state index in [9.17, 15) is 13.2 Å². The summed E-state index contributed by atoms with van der Waals surface area (Å²) in [6.07, 6.45) is 4.94. The number of amides is 1. The highest BCUT2D eigenvalue weighted by Gasteiger charge is 2.21. The number of carbonyl (C=O) groups is 1. The lowest BCUT2D eigenvalue weighted by molar-refractivity contribution is 0.0949. The second-order valence-electron chi connectivity index (χ2n) is 8.58. The van der Waals surface area contributed by atoms with Gasteiger partial charge >= 0.3 is 0 Å². The summed E-state index contributed by atoms with van der Waals surface area (Å²) in [7, 11) is -2.93. The molecule has 186 valence electrons. The molecular weight excluding hydrogens is 480 g/mol. The quantitative estimate of drug-likeness (QED) is 0.384. The number of rotatable bonds is 7. The van der Waals surface area contributed by atoms with Crippen molar-refractivity contribution in [3.63, 3.8) is 0 Å². The highest BCUT2D eigenvalue weighted by molar-refractivity contribution is 7.91. The summed E-state index contributed by atoms with van der Waals surface area (Å²) in [5.41, 5.74) is 3.17. The minimum atomic E-state index is -2.93. The van der Waals surface area contributed by atoms with Crippen molar-refractivity contribution in [3.05, 3.63) is 66.2 Å². The summed E-state index contributed by atoms with van der Waals surface area (Å²) in [6, 6.07) is 11.1. The Morgan fingerprint density at radius 3 is 2.72 bits per heavy atom. The molecule has 2 N–H and O–H groups in total. The van der Waals surface area contributed by atoms with Crippen LogP contribution >= 0.6 is 0 Å². The second-order valence-corrected chi connectivity index (χ2v) is 10.9. The largest absolute Gasteiger partial charge is 0.351 e. The van der Waals surface area contributed by atoms with Crippen LogP contribution in [0.25, 0.3) is 17.0 Å². The zero-order valence-electron chi connectivity index (χ0n) is 19.8. The highest BCUT2D eigenvalue weighted by atomic mass is 32.2. The van der Waals surface area contributed by atoms with Crippen LogP contribution in [0.1, 0.15) is 16.1 Å². The molecule has 4 aromatic heterocycles. The Labute approximate surface area is 208 Å². The van der Waals surface area contributed by atoms with E-state index in [-0.39, 0.29) is 17.4 Å². The van der Waals surface area contributed by atoms with Crippen molar-refractivity contribution in [1.82, 2.24) is 34.8 Å². The van der Waals surface area contributed by atoms with Crippen molar-refractivity contribution < 1.29 is 13.2 Å². The van der Waals surface area contributed by atoms with Crippen molar-refractivity contribution in [1.29, 1.82) is 0 Å². The molecule has 1 saturated heterocycles. The van der Waals surface area contributed by atoms with Crippen LogP contribution in [0.3, 0.4) is 0 Å². The number of sulfone groups is 1. The number of nitrogens with zero attached hydrogens (tertiary/aromatic N) is 6. The summed E-state index contributed by atoms with van der Waals surface area (Å²) in [6.45, 7) is 3.85. The number of fused-ring (bicyclic) bond motifs is 1. The lowest BCUT2D eigenvalue weighted by Crippen LogP contribution is -2.43. The lowest BCUT2D eigenvalue weighted by Gasteiger charge is -2.26. The molecule has 1 amide bonds. The van der Waals surface area contributed by atoms with E-state index in [2.05, 4.69) is 25.7 Å². The summed E-state index contributed by atoms with van der Waals surface area (Å²) in [5.74, 6) is 1.02. The van der Waals surface area contributed by atoms with Crippen molar-refractivity contribution in [2.75, 3.05) is 43.0 Å². The number of hydrogen-bond acceptors (Lipinski definition) is 9. The monoisotopic (exact) mass is 506 g/mol. The Bertz CT molecular complexity index is 1500. The molecule has 0 aliphatic carbocycles. The minimum Gasteiger partial charge on any atom is -0.351 e. The van der Waals surface area contributed by atoms with E-state index in [1.165, 1.54) is 6.20 Å². The number of aryl methyl sites for hydroxylation is 1. The van der Waals surface area contributed by atoms with Gasteiger partial charge in [0, 0.05) is 50.5 Å². The molecule has 4 aromatic rings. The first-order valence-electron chi connectivity index (χ1n) is 11.6. The Morgan fingerprint density at radius 2 is 1.92 bits per heavy atom. The van der Waals surface area contributed by atoms with Gasteiger partial charge in [0.05, 0.1) is 22.8 Å². The molecule has 0 radical (unpaired) electrons. The Hall–Kier alpha value is -3.90. The Morgan fingerprint density at radius 1 is 1.08 bits per heavy atom. The lowest BCUT2D eigenvalue weighted by atomic mass is 10.2. The predicted molar refractivity (Wildman–Crippen MR) is 136 cm³/mol. The van der Waals surface area contributed by atoms with Crippen LogP contribution in [0.5, 0.6) is 0 Å². The second kappa shape index (κ2) is 9.99. The molecule has 0 saturated carbocycles. The van der Waals surface area contributed by atoms with Gasteiger partial charge in [-0.3, -0.25) is 14.7 Å². The molecule has 0 spiro atoms. The van der Waals surface area contributed by atoms with Gasteiger partial charge in [0.15, 0.2) is 15.7 Å². The first-order valence-corrected chi connectivity index (χ1v) is 13.4. The first kappa shape index (κ1) is 23.8. The maximum absolute atomic E-state index is 13.0. The van der Waals surface area contributed by atoms with Gasteiger partial charge in [-0.25, -0.2) is 22.9 Å². The summed E-state index contributed by atoms with van der Waals surface area (Å²) >= 11 is 0. The maximum atomic E-state index is 13.0. The summed E-state index contributed by atoms with van der Waals surface area (Å²) in [4.78, 5) is 28.4. The highest BCUT2D eigenvalue weighted by Crippen LogP contribution is 2.25. The van der Waals surface area contributed by atoms with E-state index in [1.54, 1.807) is 16.8 Å². The van der Waals surface area contributed by atoms with Crippen LogP contribution in [0.2, 0.25) is 0 Å². The molecular formula is C24H26N8O3S. The zero-order valence-corrected chi connectivity index (χ0v) is 20.6. The van der Waals surface area contributed by atoms with Crippen molar-refractivity contribution in [3.8, 4) is 11.5 Å². The molecule has 0 atom stereocenters. The molecule has 5 heterocycles. The molecule has 1 aliphatic heterocycles. The van der Waals surface area contributed by atoms with Crippen LogP contribution < -0.4 is 10.6 Å². The average Bonchev–Trinajstić information content (AvgIpc) is 3.34. The van der Waals surface area contributed by atoms with Gasteiger partial charge < -0.3 is 10.6 Å². The van der Waals surface area contributed by atoms with Gasteiger partial charge in [0.25, 0.3) is 5.91 Å². The van der Waals surface area contributed by atoms with Gasteiger partial charge in [0.2, 0.25) is 5.82 Å². The topological polar surface area (TPSA) is 134 Å². The van der Waals surface area contributed by atoms with Crippen molar-refractivity contribution in [2.24, 2.45) is 0 Å². The third kappa shape index (κ3) is 5.34. The normalized spacial score (nSPS) is 15.6. The van der Waals surface area contributed by atoms with Crippen LogP contribution in [0.4, 0.5) is 11.5 Å². The first-order chi connectivity index (χ1) is 17.4.